The van der Waals surface area contributed by atoms with Crippen LogP contribution in [0.4, 0.5) is 0 Å². The van der Waals surface area contributed by atoms with Crippen molar-refractivity contribution in [2.45, 2.75) is 12.2 Å². The maximum absolute atomic E-state index is 12.4. The molecule has 3 nitrogen and oxygen atoms in total. The largest absolute Gasteiger partial charge is 0.343 e. The predicted molar refractivity (Wildman–Crippen MR) is 83.2 cm³/mol. The molecule has 0 amide bonds. The van der Waals surface area contributed by atoms with E-state index in [-0.39, 0.29) is 6.16 Å². The van der Waals surface area contributed by atoms with Crippen molar-refractivity contribution in [3.05, 3.63) is 70.7 Å². The van der Waals surface area contributed by atoms with Gasteiger partial charge in [-0.1, -0.05) is 54.1 Å². The summed E-state index contributed by atoms with van der Waals surface area (Å²) in [4.78, 5) is 10.2. The molecule has 3 N–H and O–H groups in total. The first-order chi connectivity index (χ1) is 9.49. The van der Waals surface area contributed by atoms with Gasteiger partial charge in [0.15, 0.2) is 0 Å². The predicted octanol–water partition coefficient (Wildman–Crippen LogP) is 3.81. The van der Waals surface area contributed by atoms with Crippen LogP contribution in [0.3, 0.4) is 0 Å². The SMILES string of the molecule is NC(c1ccc(Cl)cc1)P(=O)(O)CCc1ccccc1. The van der Waals surface area contributed by atoms with Gasteiger partial charge in [0.25, 0.3) is 0 Å². The molecule has 0 radical (unpaired) electrons. The molecule has 0 aromatic heterocycles. The summed E-state index contributed by atoms with van der Waals surface area (Å²) in [6.45, 7) is 0. The fraction of sp³-hybridized carbons (Fsp3) is 0.200. The second kappa shape index (κ2) is 6.55. The van der Waals surface area contributed by atoms with Gasteiger partial charge in [-0.15, -0.1) is 0 Å². The summed E-state index contributed by atoms with van der Waals surface area (Å²) < 4.78 is 12.4. The molecule has 0 aliphatic heterocycles. The van der Waals surface area contributed by atoms with Gasteiger partial charge in [-0.25, -0.2) is 0 Å². The highest BCUT2D eigenvalue weighted by molar-refractivity contribution is 7.58. The van der Waals surface area contributed by atoms with Gasteiger partial charge in [0, 0.05) is 11.2 Å². The minimum absolute atomic E-state index is 0.167. The van der Waals surface area contributed by atoms with E-state index in [1.807, 2.05) is 30.3 Å². The first-order valence-corrected chi connectivity index (χ1v) is 8.65. The van der Waals surface area contributed by atoms with Gasteiger partial charge < -0.3 is 10.6 Å². The Hall–Kier alpha value is -1.12. The van der Waals surface area contributed by atoms with Crippen LogP contribution in [0.2, 0.25) is 5.02 Å². The molecule has 2 atom stereocenters. The van der Waals surface area contributed by atoms with Crippen molar-refractivity contribution in [3.8, 4) is 0 Å². The Morgan fingerprint density at radius 3 is 2.30 bits per heavy atom. The lowest BCUT2D eigenvalue weighted by Gasteiger charge is -2.19. The molecule has 0 aliphatic rings. The fourth-order valence-electron chi connectivity index (χ4n) is 1.97. The number of hydrogen-bond acceptors (Lipinski definition) is 2. The van der Waals surface area contributed by atoms with Gasteiger partial charge in [0.2, 0.25) is 7.37 Å². The molecule has 106 valence electrons. The first-order valence-electron chi connectivity index (χ1n) is 6.35. The average Bonchev–Trinajstić information content (AvgIpc) is 2.46. The van der Waals surface area contributed by atoms with E-state index in [0.29, 0.717) is 17.0 Å². The summed E-state index contributed by atoms with van der Waals surface area (Å²) in [5.74, 6) is -0.872. The van der Waals surface area contributed by atoms with Gasteiger partial charge in [0.1, 0.15) is 5.78 Å². The van der Waals surface area contributed by atoms with Crippen molar-refractivity contribution in [1.82, 2.24) is 0 Å². The van der Waals surface area contributed by atoms with E-state index < -0.39 is 13.2 Å². The third-order valence-electron chi connectivity index (χ3n) is 3.21. The maximum Gasteiger partial charge on any atom is 0.221 e. The Morgan fingerprint density at radius 1 is 1.10 bits per heavy atom. The van der Waals surface area contributed by atoms with E-state index in [1.54, 1.807) is 24.3 Å². The third kappa shape index (κ3) is 3.94. The zero-order valence-corrected chi connectivity index (χ0v) is 12.6. The third-order valence-corrected chi connectivity index (χ3v) is 5.49. The Morgan fingerprint density at radius 2 is 1.70 bits per heavy atom. The van der Waals surface area contributed by atoms with Crippen molar-refractivity contribution in [3.63, 3.8) is 0 Å². The topological polar surface area (TPSA) is 63.3 Å². The lowest BCUT2D eigenvalue weighted by Crippen LogP contribution is -2.13. The second-order valence-corrected chi connectivity index (χ2v) is 7.66. The number of benzene rings is 2. The quantitative estimate of drug-likeness (QED) is 0.825. The van der Waals surface area contributed by atoms with E-state index >= 15 is 0 Å². The molecule has 2 unspecified atom stereocenters. The zero-order valence-electron chi connectivity index (χ0n) is 10.9. The van der Waals surface area contributed by atoms with Gasteiger partial charge in [-0.2, -0.15) is 0 Å². The Kier molecular flexibility index (Phi) is 5.00. The lowest BCUT2D eigenvalue weighted by molar-refractivity contribution is 0.464. The Bertz CT molecular complexity index is 601. The van der Waals surface area contributed by atoms with Gasteiger partial charge >= 0.3 is 0 Å². The lowest BCUT2D eigenvalue weighted by atomic mass is 10.2. The molecule has 0 saturated heterocycles. The van der Waals surface area contributed by atoms with Gasteiger partial charge in [-0.05, 0) is 29.7 Å². The minimum Gasteiger partial charge on any atom is -0.343 e. The first kappa shape index (κ1) is 15.3. The summed E-state index contributed by atoms with van der Waals surface area (Å²) in [5, 5.41) is 0.581. The summed E-state index contributed by atoms with van der Waals surface area (Å²) in [6.07, 6.45) is 0.705. The van der Waals surface area contributed by atoms with Crippen molar-refractivity contribution >= 4 is 19.0 Å². The molecule has 2 aromatic carbocycles. The van der Waals surface area contributed by atoms with E-state index in [2.05, 4.69) is 0 Å². The van der Waals surface area contributed by atoms with E-state index in [1.165, 1.54) is 0 Å². The van der Waals surface area contributed by atoms with Crippen molar-refractivity contribution in [2.75, 3.05) is 6.16 Å². The van der Waals surface area contributed by atoms with Crippen LogP contribution in [0, 0.1) is 0 Å². The summed E-state index contributed by atoms with van der Waals surface area (Å²) in [6, 6.07) is 16.4. The highest BCUT2D eigenvalue weighted by Gasteiger charge is 2.28. The van der Waals surface area contributed by atoms with Gasteiger partial charge in [-0.3, -0.25) is 4.57 Å². The van der Waals surface area contributed by atoms with Crippen molar-refractivity contribution in [1.29, 1.82) is 0 Å². The number of nitrogens with two attached hydrogens (primary N) is 1. The summed E-state index contributed by atoms with van der Waals surface area (Å²) in [5.41, 5.74) is 7.60. The molecule has 5 heteroatoms. The standard InChI is InChI=1S/C15H17ClNO2P/c16-14-8-6-13(7-9-14)15(17)20(18,19)11-10-12-4-2-1-3-5-12/h1-9,15H,10-11,17H2,(H,18,19). The minimum atomic E-state index is -3.45. The van der Waals surface area contributed by atoms with Gasteiger partial charge in [0.05, 0.1) is 0 Å². The molecule has 0 fully saturated rings. The van der Waals surface area contributed by atoms with Crippen LogP contribution in [0.1, 0.15) is 16.9 Å². The van der Waals surface area contributed by atoms with Crippen molar-refractivity contribution in [2.24, 2.45) is 5.73 Å². The highest BCUT2D eigenvalue weighted by Crippen LogP contribution is 2.52. The number of rotatable bonds is 5. The normalized spacial score (nSPS) is 15.6. The zero-order chi connectivity index (χ0) is 14.6. The van der Waals surface area contributed by atoms with Crippen LogP contribution in [0.25, 0.3) is 0 Å². The molecule has 0 saturated carbocycles. The summed E-state index contributed by atoms with van der Waals surface area (Å²) >= 11 is 5.80. The highest BCUT2D eigenvalue weighted by atomic mass is 35.5. The number of halogens is 1. The van der Waals surface area contributed by atoms with Crippen LogP contribution in [-0.2, 0) is 11.0 Å². The molecule has 0 bridgehead atoms. The second-order valence-electron chi connectivity index (χ2n) is 4.71. The molecular formula is C15H17ClNO2P. The van der Waals surface area contributed by atoms with E-state index in [9.17, 15) is 9.46 Å². The van der Waals surface area contributed by atoms with Crippen LogP contribution < -0.4 is 5.73 Å². The molecular weight excluding hydrogens is 293 g/mol. The van der Waals surface area contributed by atoms with Crippen LogP contribution in [0.15, 0.2) is 54.6 Å². The summed E-state index contributed by atoms with van der Waals surface area (Å²) in [7, 11) is -3.45. The maximum atomic E-state index is 12.4. The van der Waals surface area contributed by atoms with Crippen LogP contribution in [0.5, 0.6) is 0 Å². The number of hydrogen-bond donors (Lipinski definition) is 2. The Balaban J connectivity index is 2.06. The molecule has 0 spiro atoms. The van der Waals surface area contributed by atoms with E-state index in [4.69, 9.17) is 17.3 Å². The van der Waals surface area contributed by atoms with Crippen molar-refractivity contribution < 1.29 is 9.46 Å². The van der Waals surface area contributed by atoms with Crippen LogP contribution >= 0.6 is 19.0 Å². The fourth-order valence-corrected chi connectivity index (χ4v) is 3.59. The average molecular weight is 310 g/mol. The molecule has 0 heterocycles. The Labute approximate surface area is 123 Å². The molecule has 0 aliphatic carbocycles. The van der Waals surface area contributed by atoms with Crippen LogP contribution in [-0.4, -0.2) is 11.1 Å². The number of aryl methyl sites for hydroxylation is 1. The molecule has 2 aromatic rings. The molecule has 20 heavy (non-hydrogen) atoms. The molecule has 2 rings (SSSR count). The monoisotopic (exact) mass is 309 g/mol. The smallest absolute Gasteiger partial charge is 0.221 e. The van der Waals surface area contributed by atoms with E-state index in [0.717, 1.165) is 5.56 Å².